The molecule has 0 radical (unpaired) electrons. The largest absolute Gasteiger partial charge is 0.380 e. The quantitative estimate of drug-likeness (QED) is 0.733. The molecule has 2 aliphatic rings. The first-order chi connectivity index (χ1) is 12.4. The highest BCUT2D eigenvalue weighted by Gasteiger charge is 2.57. The molecule has 0 amide bonds. The van der Waals surface area contributed by atoms with Crippen LogP contribution in [0.15, 0.2) is 18.6 Å². The number of aliphatic hydroxyl groups excluding tert-OH is 1. The molecule has 1 spiro atoms. The summed E-state index contributed by atoms with van der Waals surface area (Å²) in [4.78, 5) is 13.9. The zero-order valence-electron chi connectivity index (χ0n) is 15.0. The summed E-state index contributed by atoms with van der Waals surface area (Å²) >= 11 is 0. The van der Waals surface area contributed by atoms with Crippen LogP contribution in [-0.2, 0) is 10.2 Å². The van der Waals surface area contributed by atoms with Gasteiger partial charge in [0, 0.05) is 31.9 Å². The number of aliphatic hydroxyl groups is 1. The van der Waals surface area contributed by atoms with Gasteiger partial charge in [0.25, 0.3) is 10.2 Å². The summed E-state index contributed by atoms with van der Waals surface area (Å²) in [6, 6.07) is 1.65. The third kappa shape index (κ3) is 2.68. The molecular formula is C16H24N6O3S. The van der Waals surface area contributed by atoms with Gasteiger partial charge in [0.1, 0.15) is 24.5 Å². The van der Waals surface area contributed by atoms with Gasteiger partial charge in [-0.1, -0.05) is 0 Å². The van der Waals surface area contributed by atoms with Crippen LogP contribution >= 0.6 is 0 Å². The molecule has 1 saturated carbocycles. The Morgan fingerprint density at radius 1 is 1.35 bits per heavy atom. The van der Waals surface area contributed by atoms with E-state index in [4.69, 9.17) is 0 Å². The van der Waals surface area contributed by atoms with Crippen molar-refractivity contribution >= 4 is 27.1 Å². The van der Waals surface area contributed by atoms with Crippen molar-refractivity contribution in [1.82, 2.24) is 23.6 Å². The van der Waals surface area contributed by atoms with Gasteiger partial charge in [-0.05, 0) is 32.8 Å². The number of fused-ring (bicyclic) bond motifs is 1. The molecule has 2 aromatic heterocycles. The predicted molar refractivity (Wildman–Crippen MR) is 97.8 cm³/mol. The maximum Gasteiger partial charge on any atom is 0.284 e. The number of piperazine rings is 1. The van der Waals surface area contributed by atoms with E-state index < -0.39 is 22.5 Å². The Morgan fingerprint density at radius 3 is 2.77 bits per heavy atom. The van der Waals surface area contributed by atoms with Crippen molar-refractivity contribution in [3.8, 4) is 0 Å². The maximum absolute atomic E-state index is 13.1. The first-order valence-electron chi connectivity index (χ1n) is 8.82. The van der Waals surface area contributed by atoms with Gasteiger partial charge >= 0.3 is 0 Å². The fourth-order valence-electron chi connectivity index (χ4n) is 3.79. The number of rotatable bonds is 5. The summed E-state index contributed by atoms with van der Waals surface area (Å²) < 4.78 is 28.9. The molecule has 0 unspecified atom stereocenters. The summed E-state index contributed by atoms with van der Waals surface area (Å²) in [5.74, 6) is 0.836. The zero-order valence-corrected chi connectivity index (χ0v) is 15.8. The van der Waals surface area contributed by atoms with E-state index in [9.17, 15) is 13.5 Å². The zero-order chi connectivity index (χ0) is 18.5. The maximum atomic E-state index is 13.1. The molecule has 1 aliphatic heterocycles. The molecule has 10 heteroatoms. The molecule has 2 aromatic rings. The van der Waals surface area contributed by atoms with Gasteiger partial charge in [-0.15, -0.1) is 0 Å². The van der Waals surface area contributed by atoms with Gasteiger partial charge < -0.3 is 15.0 Å². The fraction of sp³-hybridized carbons (Fsp3) is 0.625. The number of hydrogen-bond donors (Lipinski definition) is 2. The van der Waals surface area contributed by atoms with Gasteiger partial charge in [0.05, 0.1) is 10.9 Å². The van der Waals surface area contributed by atoms with E-state index >= 15 is 0 Å². The number of nitrogens with one attached hydrogen (secondary N) is 1. The lowest BCUT2D eigenvalue weighted by Crippen LogP contribution is -2.61. The standard InChI is InChI=1S/C16H24N6O3S/c1-12(2)21(11-23)26(24,25)22-8-7-20(9-16(22)4-5-16)15-13-3-6-17-14(13)18-10-19-15/h3,6,10,12,23H,4-5,7-9,11H2,1-2H3,(H,17,18,19). The lowest BCUT2D eigenvalue weighted by molar-refractivity contribution is 0.139. The summed E-state index contributed by atoms with van der Waals surface area (Å²) in [6.45, 7) is 4.56. The minimum Gasteiger partial charge on any atom is -0.380 e. The lowest BCUT2D eigenvalue weighted by Gasteiger charge is -2.43. The second-order valence-electron chi connectivity index (χ2n) is 7.29. The molecule has 3 heterocycles. The van der Waals surface area contributed by atoms with E-state index in [0.29, 0.717) is 19.6 Å². The van der Waals surface area contributed by atoms with Gasteiger partial charge in [0.2, 0.25) is 0 Å². The Kier molecular flexibility index (Phi) is 4.18. The molecule has 4 rings (SSSR count). The number of H-pyrrole nitrogens is 1. The Hall–Kier alpha value is -1.75. The third-order valence-electron chi connectivity index (χ3n) is 5.34. The predicted octanol–water partition coefficient (Wildman–Crippen LogP) is 0.518. The highest BCUT2D eigenvalue weighted by Crippen LogP contribution is 2.47. The van der Waals surface area contributed by atoms with Crippen LogP contribution in [0.2, 0.25) is 0 Å². The average Bonchev–Trinajstić information content (AvgIpc) is 3.17. The first kappa shape index (κ1) is 17.7. The van der Waals surface area contributed by atoms with Crippen LogP contribution in [-0.4, -0.2) is 75.0 Å². The van der Waals surface area contributed by atoms with Crippen LogP contribution in [0.25, 0.3) is 11.0 Å². The highest BCUT2D eigenvalue weighted by molar-refractivity contribution is 7.86. The summed E-state index contributed by atoms with van der Waals surface area (Å²) in [7, 11) is -3.70. The normalized spacial score (nSPS) is 20.6. The third-order valence-corrected chi connectivity index (χ3v) is 7.59. The van der Waals surface area contributed by atoms with Crippen molar-refractivity contribution < 1.29 is 13.5 Å². The molecule has 1 aliphatic carbocycles. The molecule has 0 aromatic carbocycles. The van der Waals surface area contributed by atoms with E-state index in [0.717, 1.165) is 34.0 Å². The Bertz CT molecular complexity index is 908. The van der Waals surface area contributed by atoms with Crippen LogP contribution in [0.3, 0.4) is 0 Å². The SMILES string of the molecule is CC(C)N(CO)S(=O)(=O)N1CCN(c2ncnc3[nH]ccc23)CC12CC2. The summed E-state index contributed by atoms with van der Waals surface area (Å²) in [5, 5.41) is 10.5. The van der Waals surface area contributed by atoms with E-state index in [-0.39, 0.29) is 6.04 Å². The van der Waals surface area contributed by atoms with Crippen LogP contribution in [0.5, 0.6) is 0 Å². The lowest BCUT2D eigenvalue weighted by atomic mass is 10.2. The van der Waals surface area contributed by atoms with Crippen molar-refractivity contribution in [2.75, 3.05) is 31.3 Å². The van der Waals surface area contributed by atoms with Crippen LogP contribution in [0.4, 0.5) is 5.82 Å². The smallest absolute Gasteiger partial charge is 0.284 e. The van der Waals surface area contributed by atoms with Gasteiger partial charge in [0.15, 0.2) is 0 Å². The monoisotopic (exact) mass is 380 g/mol. The fourth-order valence-corrected chi connectivity index (χ4v) is 5.77. The average molecular weight is 380 g/mol. The van der Waals surface area contributed by atoms with E-state index in [1.807, 2.05) is 12.3 Å². The molecule has 142 valence electrons. The Labute approximate surface area is 152 Å². The summed E-state index contributed by atoms with van der Waals surface area (Å²) in [6.07, 6.45) is 5.00. The molecule has 0 atom stereocenters. The number of hydrogen-bond acceptors (Lipinski definition) is 6. The second-order valence-corrected chi connectivity index (χ2v) is 9.09. The summed E-state index contributed by atoms with van der Waals surface area (Å²) in [5.41, 5.74) is 0.369. The van der Waals surface area contributed by atoms with E-state index in [1.165, 1.54) is 6.33 Å². The topological polar surface area (TPSA) is 106 Å². The van der Waals surface area contributed by atoms with Crippen molar-refractivity contribution in [3.63, 3.8) is 0 Å². The Morgan fingerprint density at radius 2 is 2.12 bits per heavy atom. The minimum absolute atomic E-state index is 0.292. The molecule has 2 fully saturated rings. The number of aromatic amines is 1. The Balaban J connectivity index is 1.63. The van der Waals surface area contributed by atoms with Gasteiger partial charge in [-0.3, -0.25) is 0 Å². The van der Waals surface area contributed by atoms with Crippen molar-refractivity contribution in [2.24, 2.45) is 0 Å². The van der Waals surface area contributed by atoms with Crippen LogP contribution < -0.4 is 4.90 Å². The molecule has 1 saturated heterocycles. The minimum atomic E-state index is -3.70. The van der Waals surface area contributed by atoms with Crippen LogP contribution in [0, 0.1) is 0 Å². The van der Waals surface area contributed by atoms with Gasteiger partial charge in [-0.25, -0.2) is 9.97 Å². The molecular weight excluding hydrogens is 356 g/mol. The van der Waals surface area contributed by atoms with Crippen LogP contribution in [0.1, 0.15) is 26.7 Å². The second kappa shape index (κ2) is 6.15. The molecule has 2 N–H and O–H groups in total. The van der Waals surface area contributed by atoms with Crippen molar-refractivity contribution in [1.29, 1.82) is 0 Å². The number of anilines is 1. The van der Waals surface area contributed by atoms with E-state index in [2.05, 4.69) is 19.9 Å². The number of nitrogens with zero attached hydrogens (tertiary/aromatic N) is 5. The highest BCUT2D eigenvalue weighted by atomic mass is 32.2. The van der Waals surface area contributed by atoms with Crippen molar-refractivity contribution in [2.45, 2.75) is 38.3 Å². The van der Waals surface area contributed by atoms with Gasteiger partial charge in [-0.2, -0.15) is 17.0 Å². The first-order valence-corrected chi connectivity index (χ1v) is 10.2. The van der Waals surface area contributed by atoms with E-state index in [1.54, 1.807) is 18.2 Å². The van der Waals surface area contributed by atoms with Crippen molar-refractivity contribution in [3.05, 3.63) is 18.6 Å². The molecule has 0 bridgehead atoms. The number of aromatic nitrogens is 3. The molecule has 9 nitrogen and oxygen atoms in total. The molecule has 26 heavy (non-hydrogen) atoms.